The van der Waals surface area contributed by atoms with E-state index in [0.29, 0.717) is 12.5 Å². The Balaban J connectivity index is 1.80. The fourth-order valence-electron chi connectivity index (χ4n) is 2.89. The highest BCUT2D eigenvalue weighted by molar-refractivity contribution is 7.98. The number of fused-ring (bicyclic) bond motifs is 1. The summed E-state index contributed by atoms with van der Waals surface area (Å²) in [6.07, 6.45) is 7.51. The van der Waals surface area contributed by atoms with E-state index in [4.69, 9.17) is 4.74 Å². The van der Waals surface area contributed by atoms with Crippen molar-refractivity contribution in [3.63, 3.8) is 0 Å². The van der Waals surface area contributed by atoms with Gasteiger partial charge in [0.25, 0.3) is 5.91 Å². The molecular formula is C19H24N2O2S. The van der Waals surface area contributed by atoms with E-state index in [1.165, 1.54) is 6.42 Å². The van der Waals surface area contributed by atoms with Crippen LogP contribution in [0.4, 0.5) is 0 Å². The lowest BCUT2D eigenvalue weighted by Gasteiger charge is -2.28. The minimum absolute atomic E-state index is 0.00376. The molecule has 1 aromatic heterocycles. The molecule has 1 amide bonds. The lowest BCUT2D eigenvalue weighted by molar-refractivity contribution is -0.129. The van der Waals surface area contributed by atoms with Crippen molar-refractivity contribution >= 4 is 28.6 Å². The molecule has 5 heteroatoms. The van der Waals surface area contributed by atoms with Gasteiger partial charge in [-0.15, -0.1) is 11.8 Å². The highest BCUT2D eigenvalue weighted by atomic mass is 32.2. The van der Waals surface area contributed by atoms with Crippen LogP contribution in [0.1, 0.15) is 38.2 Å². The second-order valence-corrected chi connectivity index (χ2v) is 7.22. The first-order valence-corrected chi connectivity index (χ1v) is 9.74. The van der Waals surface area contributed by atoms with Gasteiger partial charge in [0.15, 0.2) is 6.10 Å². The van der Waals surface area contributed by atoms with E-state index >= 15 is 0 Å². The average molecular weight is 344 g/mol. The van der Waals surface area contributed by atoms with Crippen LogP contribution in [0.15, 0.2) is 29.3 Å². The summed E-state index contributed by atoms with van der Waals surface area (Å²) in [5, 5.41) is 4.13. The number of aryl methyl sites for hydroxylation is 1. The smallest absolute Gasteiger partial charge is 0.261 e. The van der Waals surface area contributed by atoms with Gasteiger partial charge < -0.3 is 10.1 Å². The zero-order valence-corrected chi connectivity index (χ0v) is 15.3. The molecule has 0 aliphatic heterocycles. The lowest BCUT2D eigenvalue weighted by Crippen LogP contribution is -2.46. The van der Waals surface area contributed by atoms with E-state index in [2.05, 4.69) is 16.4 Å². The topological polar surface area (TPSA) is 51.2 Å². The van der Waals surface area contributed by atoms with Crippen LogP contribution in [0.3, 0.4) is 0 Å². The number of nitrogens with one attached hydrogen (secondary N) is 1. The minimum Gasteiger partial charge on any atom is -0.481 e. The molecule has 1 atom stereocenters. The third kappa shape index (κ3) is 3.66. The number of amides is 1. The van der Waals surface area contributed by atoms with Crippen LogP contribution in [0.5, 0.6) is 5.75 Å². The van der Waals surface area contributed by atoms with E-state index in [-0.39, 0.29) is 5.91 Å². The molecule has 1 N–H and O–H groups in total. The number of benzene rings is 1. The molecule has 0 spiro atoms. The number of carbonyl (C=O) groups is 1. The molecule has 1 fully saturated rings. The van der Waals surface area contributed by atoms with Crippen molar-refractivity contribution in [1.29, 1.82) is 0 Å². The van der Waals surface area contributed by atoms with Gasteiger partial charge in [0.2, 0.25) is 0 Å². The molecule has 1 aliphatic rings. The Morgan fingerprint density at radius 2 is 2.21 bits per heavy atom. The van der Waals surface area contributed by atoms with Gasteiger partial charge in [0, 0.05) is 22.5 Å². The first-order valence-electron chi connectivity index (χ1n) is 8.52. The number of hydrogen-bond acceptors (Lipinski definition) is 4. The molecule has 1 aromatic carbocycles. The first kappa shape index (κ1) is 17.1. The number of hydrogen-bond donors (Lipinski definition) is 1. The van der Waals surface area contributed by atoms with E-state index < -0.39 is 6.10 Å². The Morgan fingerprint density at radius 3 is 2.83 bits per heavy atom. The van der Waals surface area contributed by atoms with Crippen molar-refractivity contribution in [2.75, 3.05) is 6.26 Å². The lowest BCUT2D eigenvalue weighted by atomic mass is 9.93. The summed E-state index contributed by atoms with van der Waals surface area (Å²) in [5.41, 5.74) is 2.04. The molecule has 0 saturated heterocycles. The molecule has 1 aliphatic carbocycles. The maximum atomic E-state index is 12.4. The molecule has 24 heavy (non-hydrogen) atoms. The maximum absolute atomic E-state index is 12.4. The molecule has 0 radical (unpaired) electrons. The van der Waals surface area contributed by atoms with Crippen molar-refractivity contribution < 1.29 is 9.53 Å². The van der Waals surface area contributed by atoms with Crippen molar-refractivity contribution in [3.05, 3.63) is 30.0 Å². The normalized spacial score (nSPS) is 15.8. The summed E-state index contributed by atoms with van der Waals surface area (Å²) in [7, 11) is 0. The molecule has 4 nitrogen and oxygen atoms in total. The molecule has 1 saturated carbocycles. The Bertz CT molecular complexity index is 743. The standard InChI is InChI=1S/C19H24N2O2S/c1-4-17(19(22)21-14-6-5-7-14)23-15-8-12(2)18-13(9-15)10-16(24-3)11-20-18/h8-11,14,17H,4-7H2,1-3H3,(H,21,22). The quantitative estimate of drug-likeness (QED) is 0.802. The summed E-state index contributed by atoms with van der Waals surface area (Å²) < 4.78 is 6.01. The molecular weight excluding hydrogens is 320 g/mol. The van der Waals surface area contributed by atoms with Gasteiger partial charge in [0.1, 0.15) is 5.75 Å². The Hall–Kier alpha value is -1.75. The summed E-state index contributed by atoms with van der Waals surface area (Å²) in [5.74, 6) is 0.728. The highest BCUT2D eigenvalue weighted by Gasteiger charge is 2.25. The molecule has 128 valence electrons. The van der Waals surface area contributed by atoms with Gasteiger partial charge in [-0.2, -0.15) is 0 Å². The van der Waals surface area contributed by atoms with Gasteiger partial charge in [-0.25, -0.2) is 0 Å². The summed E-state index contributed by atoms with van der Waals surface area (Å²) >= 11 is 1.67. The third-order valence-electron chi connectivity index (χ3n) is 4.55. The molecule has 1 heterocycles. The first-order chi connectivity index (χ1) is 11.6. The van der Waals surface area contributed by atoms with Gasteiger partial charge in [0.05, 0.1) is 5.52 Å². The number of nitrogens with zero attached hydrogens (tertiary/aromatic N) is 1. The number of ether oxygens (including phenoxy) is 1. The van der Waals surface area contributed by atoms with E-state index in [1.54, 1.807) is 11.8 Å². The fraction of sp³-hybridized carbons (Fsp3) is 0.474. The maximum Gasteiger partial charge on any atom is 0.261 e. The fourth-order valence-corrected chi connectivity index (χ4v) is 3.29. The predicted octanol–water partition coefficient (Wildman–Crippen LogP) is 4.09. The van der Waals surface area contributed by atoms with Gasteiger partial charge in [-0.3, -0.25) is 9.78 Å². The predicted molar refractivity (Wildman–Crippen MR) is 98.7 cm³/mol. The van der Waals surface area contributed by atoms with Crippen molar-refractivity contribution in [3.8, 4) is 5.75 Å². The molecule has 0 bridgehead atoms. The Labute approximate surface area is 147 Å². The summed E-state index contributed by atoms with van der Waals surface area (Å²) in [4.78, 5) is 18.0. The van der Waals surface area contributed by atoms with Crippen LogP contribution in [0.25, 0.3) is 10.9 Å². The van der Waals surface area contributed by atoms with Crippen LogP contribution in [0.2, 0.25) is 0 Å². The number of aromatic nitrogens is 1. The monoisotopic (exact) mass is 344 g/mol. The zero-order valence-electron chi connectivity index (χ0n) is 14.5. The number of thioether (sulfide) groups is 1. The van der Waals surface area contributed by atoms with E-state index in [1.807, 2.05) is 38.4 Å². The Kier molecular flexibility index (Phi) is 5.29. The average Bonchev–Trinajstić information content (AvgIpc) is 2.55. The second-order valence-electron chi connectivity index (χ2n) is 6.34. The largest absolute Gasteiger partial charge is 0.481 e. The molecule has 1 unspecified atom stereocenters. The number of pyridine rings is 1. The van der Waals surface area contributed by atoms with Crippen molar-refractivity contribution in [2.24, 2.45) is 0 Å². The van der Waals surface area contributed by atoms with Gasteiger partial charge in [-0.05, 0) is 62.6 Å². The van der Waals surface area contributed by atoms with Crippen LogP contribution >= 0.6 is 11.8 Å². The summed E-state index contributed by atoms with van der Waals surface area (Å²) in [6, 6.07) is 6.39. The summed E-state index contributed by atoms with van der Waals surface area (Å²) in [6.45, 7) is 4.00. The molecule has 2 aromatic rings. The third-order valence-corrected chi connectivity index (χ3v) is 5.25. The zero-order chi connectivity index (χ0) is 17.1. The van der Waals surface area contributed by atoms with E-state index in [9.17, 15) is 4.79 Å². The second kappa shape index (κ2) is 7.43. The van der Waals surface area contributed by atoms with Gasteiger partial charge in [-0.1, -0.05) is 6.92 Å². The number of carbonyl (C=O) groups excluding carboxylic acids is 1. The number of rotatable bonds is 6. The Morgan fingerprint density at radius 1 is 1.42 bits per heavy atom. The minimum atomic E-state index is -0.445. The SMILES string of the molecule is CCC(Oc1cc(C)c2ncc(SC)cc2c1)C(=O)NC1CCC1. The van der Waals surface area contributed by atoms with Crippen molar-refractivity contribution in [1.82, 2.24) is 10.3 Å². The van der Waals surface area contributed by atoms with Crippen molar-refractivity contribution in [2.45, 2.75) is 56.6 Å². The van der Waals surface area contributed by atoms with Crippen LogP contribution in [0, 0.1) is 6.92 Å². The van der Waals surface area contributed by atoms with Crippen LogP contribution in [-0.2, 0) is 4.79 Å². The highest BCUT2D eigenvalue weighted by Crippen LogP contribution is 2.27. The van der Waals surface area contributed by atoms with Crippen LogP contribution in [-0.4, -0.2) is 29.3 Å². The van der Waals surface area contributed by atoms with Gasteiger partial charge >= 0.3 is 0 Å². The van der Waals surface area contributed by atoms with Crippen LogP contribution < -0.4 is 10.1 Å². The molecule has 3 rings (SSSR count). The van der Waals surface area contributed by atoms with E-state index in [0.717, 1.165) is 40.0 Å².